The highest BCUT2D eigenvalue weighted by Crippen LogP contribution is 2.33. The Morgan fingerprint density at radius 2 is 2.19 bits per heavy atom. The average Bonchev–Trinajstić information content (AvgIpc) is 3.10. The molecule has 0 aliphatic heterocycles. The number of nitrogens with zero attached hydrogens (tertiary/aromatic N) is 1. The lowest BCUT2D eigenvalue weighted by molar-refractivity contribution is 0.625. The van der Waals surface area contributed by atoms with Gasteiger partial charge in [-0.1, -0.05) is 15.9 Å². The number of rotatable bonds is 5. The first-order valence-corrected chi connectivity index (χ1v) is 6.96. The third kappa shape index (κ3) is 2.76. The molecular formula is C13H17BrFN. The van der Waals surface area contributed by atoms with E-state index in [0.29, 0.717) is 5.33 Å². The maximum Gasteiger partial charge on any atom is 0.123 e. The van der Waals surface area contributed by atoms with Crippen molar-refractivity contribution in [2.75, 3.05) is 18.0 Å². The first-order valence-electron chi connectivity index (χ1n) is 5.84. The van der Waals surface area contributed by atoms with E-state index in [-0.39, 0.29) is 5.82 Å². The van der Waals surface area contributed by atoms with Crippen LogP contribution in [0, 0.1) is 11.7 Å². The molecule has 1 fully saturated rings. The number of halogens is 2. The first-order chi connectivity index (χ1) is 7.74. The summed E-state index contributed by atoms with van der Waals surface area (Å²) in [5, 5.41) is 0.710. The van der Waals surface area contributed by atoms with E-state index in [2.05, 4.69) is 27.8 Å². The van der Waals surface area contributed by atoms with Gasteiger partial charge in [0.15, 0.2) is 0 Å². The van der Waals surface area contributed by atoms with Gasteiger partial charge < -0.3 is 4.90 Å². The SMILES string of the molecule is CCN(CC1CC1)c1ccc(F)cc1CBr. The van der Waals surface area contributed by atoms with Crippen LogP contribution in [-0.4, -0.2) is 13.1 Å². The van der Waals surface area contributed by atoms with Gasteiger partial charge in [-0.2, -0.15) is 0 Å². The van der Waals surface area contributed by atoms with Crippen molar-refractivity contribution in [1.82, 2.24) is 0 Å². The van der Waals surface area contributed by atoms with Gasteiger partial charge in [0.2, 0.25) is 0 Å². The molecule has 0 heterocycles. The van der Waals surface area contributed by atoms with Crippen LogP contribution in [0.25, 0.3) is 0 Å². The minimum Gasteiger partial charge on any atom is -0.371 e. The topological polar surface area (TPSA) is 3.24 Å². The maximum absolute atomic E-state index is 13.1. The molecule has 2 rings (SSSR count). The van der Waals surface area contributed by atoms with Crippen LogP contribution in [0.3, 0.4) is 0 Å². The predicted octanol–water partition coefficient (Wildman–Crippen LogP) is 3.96. The lowest BCUT2D eigenvalue weighted by Crippen LogP contribution is -2.26. The summed E-state index contributed by atoms with van der Waals surface area (Å²) >= 11 is 3.43. The van der Waals surface area contributed by atoms with Gasteiger partial charge in [0, 0.05) is 24.1 Å². The normalized spacial score (nSPS) is 15.2. The Balaban J connectivity index is 2.21. The molecule has 0 bridgehead atoms. The first kappa shape index (κ1) is 11.9. The lowest BCUT2D eigenvalue weighted by atomic mass is 10.1. The Morgan fingerprint density at radius 1 is 1.44 bits per heavy atom. The monoisotopic (exact) mass is 285 g/mol. The van der Waals surface area contributed by atoms with Crippen molar-refractivity contribution < 1.29 is 4.39 Å². The second-order valence-corrected chi connectivity index (χ2v) is 4.95. The zero-order chi connectivity index (χ0) is 11.5. The smallest absolute Gasteiger partial charge is 0.123 e. The molecule has 0 amide bonds. The molecule has 1 aliphatic carbocycles. The molecule has 1 nitrogen and oxygen atoms in total. The summed E-state index contributed by atoms with van der Waals surface area (Å²) in [6, 6.07) is 5.08. The molecule has 0 atom stereocenters. The fourth-order valence-corrected chi connectivity index (χ4v) is 2.43. The van der Waals surface area contributed by atoms with E-state index < -0.39 is 0 Å². The largest absolute Gasteiger partial charge is 0.371 e. The molecule has 0 radical (unpaired) electrons. The number of hydrogen-bond acceptors (Lipinski definition) is 1. The Labute approximate surface area is 105 Å². The molecule has 0 saturated heterocycles. The van der Waals surface area contributed by atoms with Gasteiger partial charge in [0.25, 0.3) is 0 Å². The van der Waals surface area contributed by atoms with Gasteiger partial charge in [-0.15, -0.1) is 0 Å². The van der Waals surface area contributed by atoms with Crippen LogP contribution in [0.4, 0.5) is 10.1 Å². The second-order valence-electron chi connectivity index (χ2n) is 4.39. The number of benzene rings is 1. The van der Waals surface area contributed by atoms with E-state index in [1.807, 2.05) is 6.07 Å². The van der Waals surface area contributed by atoms with Crippen molar-refractivity contribution in [1.29, 1.82) is 0 Å². The summed E-state index contributed by atoms with van der Waals surface area (Å²) in [4.78, 5) is 2.35. The molecule has 0 aromatic heterocycles. The molecule has 1 aromatic rings. The van der Waals surface area contributed by atoms with Crippen molar-refractivity contribution in [2.45, 2.75) is 25.1 Å². The maximum atomic E-state index is 13.1. The van der Waals surface area contributed by atoms with Crippen molar-refractivity contribution in [3.05, 3.63) is 29.6 Å². The van der Waals surface area contributed by atoms with Gasteiger partial charge >= 0.3 is 0 Å². The molecule has 0 N–H and O–H groups in total. The van der Waals surface area contributed by atoms with Crippen molar-refractivity contribution in [2.24, 2.45) is 5.92 Å². The van der Waals surface area contributed by atoms with Crippen LogP contribution in [0.2, 0.25) is 0 Å². The molecule has 16 heavy (non-hydrogen) atoms. The lowest BCUT2D eigenvalue weighted by Gasteiger charge is -2.25. The van der Waals surface area contributed by atoms with Gasteiger partial charge in [0.1, 0.15) is 5.82 Å². The molecule has 1 saturated carbocycles. The highest BCUT2D eigenvalue weighted by molar-refractivity contribution is 9.08. The third-order valence-electron chi connectivity index (χ3n) is 3.08. The highest BCUT2D eigenvalue weighted by Gasteiger charge is 2.24. The summed E-state index contributed by atoms with van der Waals surface area (Å²) in [6.07, 6.45) is 2.70. The standard InChI is InChI=1S/C13H17BrFN/c1-2-16(9-10-3-4-10)13-6-5-12(15)7-11(13)8-14/h5-7,10H,2-4,8-9H2,1H3. The fraction of sp³-hybridized carbons (Fsp3) is 0.538. The van der Waals surface area contributed by atoms with Crippen LogP contribution < -0.4 is 4.90 Å². The zero-order valence-electron chi connectivity index (χ0n) is 9.55. The van der Waals surface area contributed by atoms with E-state index in [1.165, 1.54) is 18.5 Å². The van der Waals surface area contributed by atoms with E-state index in [0.717, 1.165) is 24.6 Å². The number of hydrogen-bond donors (Lipinski definition) is 0. The fourth-order valence-electron chi connectivity index (χ4n) is 1.98. The van der Waals surface area contributed by atoms with E-state index >= 15 is 0 Å². The number of alkyl halides is 1. The minimum atomic E-state index is -0.152. The van der Waals surface area contributed by atoms with Crippen molar-refractivity contribution >= 4 is 21.6 Å². The van der Waals surface area contributed by atoms with Crippen LogP contribution in [-0.2, 0) is 5.33 Å². The predicted molar refractivity (Wildman–Crippen MR) is 69.6 cm³/mol. The minimum absolute atomic E-state index is 0.152. The molecule has 88 valence electrons. The van der Waals surface area contributed by atoms with Gasteiger partial charge in [-0.25, -0.2) is 4.39 Å². The van der Waals surface area contributed by atoms with Crippen molar-refractivity contribution in [3.8, 4) is 0 Å². The van der Waals surface area contributed by atoms with Crippen LogP contribution in [0.5, 0.6) is 0 Å². The molecule has 0 unspecified atom stereocenters. The van der Waals surface area contributed by atoms with Gasteiger partial charge in [-0.3, -0.25) is 0 Å². The Hall–Kier alpha value is -0.570. The van der Waals surface area contributed by atoms with Crippen LogP contribution in [0.1, 0.15) is 25.3 Å². The van der Waals surface area contributed by atoms with Crippen molar-refractivity contribution in [3.63, 3.8) is 0 Å². The van der Waals surface area contributed by atoms with E-state index in [1.54, 1.807) is 12.1 Å². The molecule has 1 aliphatic rings. The Morgan fingerprint density at radius 3 is 2.75 bits per heavy atom. The quantitative estimate of drug-likeness (QED) is 0.741. The zero-order valence-corrected chi connectivity index (χ0v) is 11.1. The molecule has 0 spiro atoms. The highest BCUT2D eigenvalue weighted by atomic mass is 79.9. The van der Waals surface area contributed by atoms with E-state index in [9.17, 15) is 4.39 Å². The number of anilines is 1. The van der Waals surface area contributed by atoms with Crippen LogP contribution >= 0.6 is 15.9 Å². The summed E-state index contributed by atoms with van der Waals surface area (Å²) in [5.74, 6) is 0.703. The summed E-state index contributed by atoms with van der Waals surface area (Å²) < 4.78 is 13.1. The summed E-state index contributed by atoms with van der Waals surface area (Å²) in [7, 11) is 0. The van der Waals surface area contributed by atoms with Gasteiger partial charge in [0.05, 0.1) is 0 Å². The second kappa shape index (κ2) is 5.17. The summed E-state index contributed by atoms with van der Waals surface area (Å²) in [6.45, 7) is 4.26. The Bertz CT molecular complexity index is 363. The Kier molecular flexibility index (Phi) is 3.85. The van der Waals surface area contributed by atoms with Crippen LogP contribution in [0.15, 0.2) is 18.2 Å². The average molecular weight is 286 g/mol. The molecule has 3 heteroatoms. The van der Waals surface area contributed by atoms with Gasteiger partial charge in [-0.05, 0) is 49.4 Å². The summed E-state index contributed by atoms with van der Waals surface area (Å²) in [5.41, 5.74) is 2.22. The molecule has 1 aromatic carbocycles. The van der Waals surface area contributed by atoms with E-state index in [4.69, 9.17) is 0 Å². The third-order valence-corrected chi connectivity index (χ3v) is 3.69. The molecular weight excluding hydrogens is 269 g/mol.